The lowest BCUT2D eigenvalue weighted by Crippen LogP contribution is -2.47. The van der Waals surface area contributed by atoms with Gasteiger partial charge in [0.25, 0.3) is 0 Å². The van der Waals surface area contributed by atoms with Crippen LogP contribution in [0.4, 0.5) is 4.79 Å². The van der Waals surface area contributed by atoms with Crippen molar-refractivity contribution in [2.24, 2.45) is 0 Å². The molecular weight excluding hydrogens is 278 g/mol. The zero-order valence-corrected chi connectivity index (χ0v) is 11.9. The lowest BCUT2D eigenvalue weighted by Gasteiger charge is -2.27. The van der Waals surface area contributed by atoms with Gasteiger partial charge in [0.05, 0.1) is 13.2 Å². The van der Waals surface area contributed by atoms with Gasteiger partial charge in [-0.25, -0.2) is 9.59 Å². The number of carbonyl (C=O) groups excluding carboxylic acids is 2. The van der Waals surface area contributed by atoms with E-state index < -0.39 is 18.0 Å². The van der Waals surface area contributed by atoms with Crippen LogP contribution in [0.2, 0.25) is 0 Å². The number of hydrogen-bond acceptors (Lipinski definition) is 4. The number of amides is 3. The van der Waals surface area contributed by atoms with Gasteiger partial charge in [-0.15, -0.1) is 0 Å². The Morgan fingerprint density at radius 3 is 2.57 bits per heavy atom. The number of carbonyl (C=O) groups is 3. The standard InChI is InChI=1S/C13H21N3O5/c17-11(15-6-8-21-9-7-15)3-4-14-13(20)16-5-1-2-10(16)12(18)19/h10H,1-9H2,(H,14,20)(H,18,19)/t10-/m0/s1. The second kappa shape index (κ2) is 7.26. The van der Waals surface area contributed by atoms with Gasteiger partial charge in [-0.1, -0.05) is 0 Å². The molecule has 1 atom stereocenters. The molecule has 0 aromatic heterocycles. The van der Waals surface area contributed by atoms with Gasteiger partial charge < -0.3 is 25.0 Å². The highest BCUT2D eigenvalue weighted by Gasteiger charge is 2.33. The summed E-state index contributed by atoms with van der Waals surface area (Å²) in [4.78, 5) is 37.9. The quantitative estimate of drug-likeness (QED) is 0.728. The molecule has 0 spiro atoms. The SMILES string of the molecule is O=C(O)[C@@H]1CCCN1C(=O)NCCC(=O)N1CCOCC1. The predicted molar refractivity (Wildman–Crippen MR) is 72.8 cm³/mol. The Hall–Kier alpha value is -1.83. The fourth-order valence-electron chi connectivity index (χ4n) is 2.62. The van der Waals surface area contributed by atoms with Crippen molar-refractivity contribution in [2.75, 3.05) is 39.4 Å². The first-order chi connectivity index (χ1) is 10.1. The molecule has 2 heterocycles. The zero-order chi connectivity index (χ0) is 15.2. The summed E-state index contributed by atoms with van der Waals surface area (Å²) in [5.41, 5.74) is 0. The fourth-order valence-corrected chi connectivity index (χ4v) is 2.62. The number of likely N-dealkylation sites (tertiary alicyclic amines) is 1. The Labute approximate surface area is 123 Å². The van der Waals surface area contributed by atoms with Crippen molar-refractivity contribution in [3.05, 3.63) is 0 Å². The maximum atomic E-state index is 11.9. The minimum Gasteiger partial charge on any atom is -0.480 e. The summed E-state index contributed by atoms with van der Waals surface area (Å²) in [6, 6.07) is -1.16. The van der Waals surface area contributed by atoms with E-state index in [-0.39, 0.29) is 18.9 Å². The largest absolute Gasteiger partial charge is 0.480 e. The molecule has 0 radical (unpaired) electrons. The highest BCUT2D eigenvalue weighted by atomic mass is 16.5. The Morgan fingerprint density at radius 1 is 1.19 bits per heavy atom. The van der Waals surface area contributed by atoms with Crippen molar-refractivity contribution >= 4 is 17.9 Å². The number of carboxylic acids is 1. The van der Waals surface area contributed by atoms with Crippen LogP contribution in [0.3, 0.4) is 0 Å². The van der Waals surface area contributed by atoms with Crippen LogP contribution in [0.25, 0.3) is 0 Å². The van der Waals surface area contributed by atoms with E-state index in [0.29, 0.717) is 45.7 Å². The van der Waals surface area contributed by atoms with Gasteiger partial charge in [-0.3, -0.25) is 4.79 Å². The molecule has 118 valence electrons. The highest BCUT2D eigenvalue weighted by molar-refractivity contribution is 5.83. The zero-order valence-electron chi connectivity index (χ0n) is 11.9. The Kier molecular flexibility index (Phi) is 5.38. The minimum absolute atomic E-state index is 0.0187. The average Bonchev–Trinajstić information content (AvgIpc) is 2.97. The van der Waals surface area contributed by atoms with Crippen LogP contribution in [0, 0.1) is 0 Å². The van der Waals surface area contributed by atoms with E-state index in [4.69, 9.17) is 9.84 Å². The van der Waals surface area contributed by atoms with Crippen molar-refractivity contribution < 1.29 is 24.2 Å². The van der Waals surface area contributed by atoms with Crippen molar-refractivity contribution in [2.45, 2.75) is 25.3 Å². The van der Waals surface area contributed by atoms with Crippen LogP contribution in [0.15, 0.2) is 0 Å². The van der Waals surface area contributed by atoms with E-state index in [2.05, 4.69) is 5.32 Å². The van der Waals surface area contributed by atoms with E-state index in [0.717, 1.165) is 0 Å². The second-order valence-corrected chi connectivity index (χ2v) is 5.16. The van der Waals surface area contributed by atoms with E-state index in [9.17, 15) is 14.4 Å². The number of urea groups is 1. The molecule has 21 heavy (non-hydrogen) atoms. The summed E-state index contributed by atoms with van der Waals surface area (Å²) in [6.07, 6.45) is 1.39. The molecule has 2 aliphatic rings. The van der Waals surface area contributed by atoms with Crippen LogP contribution in [0.5, 0.6) is 0 Å². The maximum absolute atomic E-state index is 11.9. The molecular formula is C13H21N3O5. The minimum atomic E-state index is -0.980. The van der Waals surface area contributed by atoms with E-state index in [1.165, 1.54) is 4.90 Å². The van der Waals surface area contributed by atoms with Crippen LogP contribution in [-0.4, -0.2) is 78.2 Å². The third-order valence-corrected chi connectivity index (χ3v) is 3.78. The summed E-state index contributed by atoms with van der Waals surface area (Å²) in [5, 5.41) is 11.6. The molecule has 8 heteroatoms. The number of hydrogen-bond donors (Lipinski definition) is 2. The Morgan fingerprint density at radius 2 is 1.90 bits per heavy atom. The monoisotopic (exact) mass is 299 g/mol. The molecule has 0 unspecified atom stereocenters. The molecule has 2 rings (SSSR count). The summed E-state index contributed by atoms with van der Waals surface area (Å²) < 4.78 is 5.17. The number of nitrogens with zero attached hydrogens (tertiary/aromatic N) is 2. The van der Waals surface area contributed by atoms with Gasteiger partial charge in [0.15, 0.2) is 0 Å². The van der Waals surface area contributed by atoms with Crippen LogP contribution < -0.4 is 5.32 Å². The fraction of sp³-hybridized carbons (Fsp3) is 0.769. The first-order valence-electron chi connectivity index (χ1n) is 7.22. The molecule has 2 fully saturated rings. The molecule has 0 aliphatic carbocycles. The van der Waals surface area contributed by atoms with E-state index >= 15 is 0 Å². The lowest BCUT2D eigenvalue weighted by molar-refractivity contribution is -0.141. The number of rotatable bonds is 4. The van der Waals surface area contributed by atoms with Crippen LogP contribution in [-0.2, 0) is 14.3 Å². The van der Waals surface area contributed by atoms with Crippen molar-refractivity contribution in [1.82, 2.24) is 15.1 Å². The molecule has 3 amide bonds. The molecule has 0 aromatic rings. The smallest absolute Gasteiger partial charge is 0.326 e. The molecule has 0 saturated carbocycles. The highest BCUT2D eigenvalue weighted by Crippen LogP contribution is 2.17. The van der Waals surface area contributed by atoms with Crippen molar-refractivity contribution in [3.63, 3.8) is 0 Å². The third-order valence-electron chi connectivity index (χ3n) is 3.78. The molecule has 2 aliphatic heterocycles. The summed E-state index contributed by atoms with van der Waals surface area (Å²) in [5.74, 6) is -0.998. The second-order valence-electron chi connectivity index (χ2n) is 5.16. The van der Waals surface area contributed by atoms with Crippen molar-refractivity contribution in [1.29, 1.82) is 0 Å². The first-order valence-corrected chi connectivity index (χ1v) is 7.22. The topological polar surface area (TPSA) is 99.2 Å². The normalized spacial score (nSPS) is 22.2. The van der Waals surface area contributed by atoms with Gasteiger partial charge in [-0.2, -0.15) is 0 Å². The lowest BCUT2D eigenvalue weighted by atomic mass is 10.2. The Balaban J connectivity index is 1.71. The molecule has 0 bridgehead atoms. The predicted octanol–water partition coefficient (Wildman–Crippen LogP) is -0.506. The Bertz CT molecular complexity index is 409. The number of nitrogens with one attached hydrogen (secondary N) is 1. The third kappa shape index (κ3) is 4.07. The first kappa shape index (κ1) is 15.6. The molecule has 0 aromatic carbocycles. The van der Waals surface area contributed by atoms with E-state index in [1.54, 1.807) is 4.90 Å². The summed E-state index contributed by atoms with van der Waals surface area (Å²) in [7, 11) is 0. The van der Waals surface area contributed by atoms with Gasteiger partial charge in [0, 0.05) is 32.6 Å². The summed E-state index contributed by atoms with van der Waals surface area (Å²) >= 11 is 0. The van der Waals surface area contributed by atoms with Crippen molar-refractivity contribution in [3.8, 4) is 0 Å². The molecule has 2 saturated heterocycles. The number of carboxylic acid groups (broad SMARTS) is 1. The number of morpholine rings is 1. The van der Waals surface area contributed by atoms with Gasteiger partial charge in [0.1, 0.15) is 6.04 Å². The van der Waals surface area contributed by atoms with Gasteiger partial charge in [-0.05, 0) is 12.8 Å². The van der Waals surface area contributed by atoms with E-state index in [1.807, 2.05) is 0 Å². The van der Waals surface area contributed by atoms with Crippen LogP contribution in [0.1, 0.15) is 19.3 Å². The molecule has 2 N–H and O–H groups in total. The average molecular weight is 299 g/mol. The van der Waals surface area contributed by atoms with Gasteiger partial charge >= 0.3 is 12.0 Å². The van der Waals surface area contributed by atoms with Gasteiger partial charge in [0.2, 0.25) is 5.91 Å². The number of aliphatic carboxylic acids is 1. The van der Waals surface area contributed by atoms with Crippen LogP contribution >= 0.6 is 0 Å². The molecule has 8 nitrogen and oxygen atoms in total. The maximum Gasteiger partial charge on any atom is 0.326 e. The summed E-state index contributed by atoms with van der Waals surface area (Å²) in [6.45, 7) is 2.93. The number of ether oxygens (including phenoxy) is 1.